The van der Waals surface area contributed by atoms with Crippen LogP contribution in [-0.2, 0) is 4.79 Å². The predicted molar refractivity (Wildman–Crippen MR) is 73.7 cm³/mol. The fourth-order valence-corrected chi connectivity index (χ4v) is 3.46. The van der Waals surface area contributed by atoms with Crippen LogP contribution in [0.5, 0.6) is 0 Å². The number of carbonyl (C=O) groups excluding carboxylic acids is 2. The van der Waals surface area contributed by atoms with Crippen molar-refractivity contribution in [2.75, 3.05) is 24.5 Å². The van der Waals surface area contributed by atoms with E-state index in [1.807, 2.05) is 11.4 Å². The van der Waals surface area contributed by atoms with E-state index < -0.39 is 0 Å². The maximum atomic E-state index is 11.6. The first kappa shape index (κ1) is 11.6. The summed E-state index contributed by atoms with van der Waals surface area (Å²) in [4.78, 5) is 35.1. The van der Waals surface area contributed by atoms with Crippen molar-refractivity contribution in [2.45, 2.75) is 6.04 Å². The number of nitrogens with one attached hydrogen (secondary N) is 1. The molecule has 0 unspecified atom stereocenters. The average Bonchev–Trinajstić information content (AvgIpc) is 2.98. The number of imide groups is 1. The molecule has 102 valence electrons. The van der Waals surface area contributed by atoms with Crippen molar-refractivity contribution in [2.24, 2.45) is 0 Å². The van der Waals surface area contributed by atoms with Crippen LogP contribution in [0.25, 0.3) is 10.2 Å². The Hall–Kier alpha value is -2.22. The molecular formula is C12H11N5O2S. The van der Waals surface area contributed by atoms with E-state index in [0.717, 1.165) is 16.0 Å². The number of urea groups is 1. The number of amides is 3. The fourth-order valence-electron chi connectivity index (χ4n) is 2.60. The number of hydrogen-bond acceptors (Lipinski definition) is 6. The molecule has 2 aromatic rings. The van der Waals surface area contributed by atoms with E-state index in [9.17, 15) is 9.59 Å². The minimum atomic E-state index is -0.288. The number of aromatic nitrogens is 2. The van der Waals surface area contributed by atoms with Gasteiger partial charge in [0.1, 0.15) is 12.1 Å². The van der Waals surface area contributed by atoms with Crippen LogP contribution in [0.15, 0.2) is 17.8 Å². The van der Waals surface area contributed by atoms with Crippen molar-refractivity contribution < 1.29 is 9.59 Å². The van der Waals surface area contributed by atoms with Crippen LogP contribution < -0.4 is 10.2 Å². The fraction of sp³-hybridized carbons (Fsp3) is 0.333. The second-order valence-corrected chi connectivity index (χ2v) is 5.73. The third kappa shape index (κ3) is 1.58. The van der Waals surface area contributed by atoms with Crippen LogP contribution in [0.3, 0.4) is 0 Å². The molecule has 20 heavy (non-hydrogen) atoms. The average molecular weight is 289 g/mol. The highest BCUT2D eigenvalue weighted by molar-refractivity contribution is 7.17. The molecule has 1 N–H and O–H groups in total. The van der Waals surface area contributed by atoms with Gasteiger partial charge >= 0.3 is 6.03 Å². The van der Waals surface area contributed by atoms with Crippen molar-refractivity contribution in [1.82, 2.24) is 20.2 Å². The van der Waals surface area contributed by atoms with E-state index in [2.05, 4.69) is 20.2 Å². The molecule has 2 saturated heterocycles. The number of anilines is 1. The monoisotopic (exact) mass is 289 g/mol. The number of nitrogens with zero attached hydrogens (tertiary/aromatic N) is 4. The zero-order valence-electron chi connectivity index (χ0n) is 10.4. The molecule has 2 aliphatic rings. The Bertz CT molecular complexity index is 693. The quantitative estimate of drug-likeness (QED) is 0.811. The van der Waals surface area contributed by atoms with Crippen molar-refractivity contribution in [3.05, 3.63) is 17.8 Å². The first-order valence-corrected chi connectivity index (χ1v) is 7.15. The second-order valence-electron chi connectivity index (χ2n) is 4.81. The lowest BCUT2D eigenvalue weighted by atomic mass is 10.1. The van der Waals surface area contributed by atoms with Gasteiger partial charge in [-0.05, 0) is 11.4 Å². The van der Waals surface area contributed by atoms with Crippen LogP contribution in [0, 0.1) is 0 Å². The highest BCUT2D eigenvalue weighted by Crippen LogP contribution is 2.31. The molecule has 4 rings (SSSR count). The molecule has 0 aliphatic carbocycles. The minimum Gasteiger partial charge on any atom is -0.351 e. The van der Waals surface area contributed by atoms with Crippen LogP contribution in [0.1, 0.15) is 0 Å². The van der Waals surface area contributed by atoms with Gasteiger partial charge in [0.05, 0.1) is 22.8 Å². The Kier molecular flexibility index (Phi) is 2.40. The summed E-state index contributed by atoms with van der Waals surface area (Å²) in [6.45, 7) is 1.37. The van der Waals surface area contributed by atoms with Gasteiger partial charge < -0.3 is 10.2 Å². The topological polar surface area (TPSA) is 78.4 Å². The molecule has 0 bridgehead atoms. The van der Waals surface area contributed by atoms with E-state index >= 15 is 0 Å². The molecule has 0 saturated carbocycles. The lowest BCUT2D eigenvalue weighted by molar-refractivity contribution is -0.126. The third-order valence-electron chi connectivity index (χ3n) is 3.63. The predicted octanol–water partition coefficient (Wildman–Crippen LogP) is 0.432. The number of fused-ring (bicyclic) bond motifs is 1. The second kappa shape index (κ2) is 4.14. The summed E-state index contributed by atoms with van der Waals surface area (Å²) in [6, 6.07) is 1.61. The van der Waals surface area contributed by atoms with Crippen molar-refractivity contribution in [3.63, 3.8) is 0 Å². The lowest BCUT2D eigenvalue weighted by Crippen LogP contribution is -2.61. The Morgan fingerprint density at radius 2 is 2.15 bits per heavy atom. The van der Waals surface area contributed by atoms with Gasteiger partial charge in [0.15, 0.2) is 0 Å². The molecule has 0 aromatic carbocycles. The number of thiophene rings is 1. The molecule has 4 heterocycles. The van der Waals surface area contributed by atoms with Gasteiger partial charge in [0.2, 0.25) is 5.91 Å². The first-order chi connectivity index (χ1) is 9.74. The number of hydrogen-bond donors (Lipinski definition) is 1. The Labute approximate surface area is 118 Å². The normalized spacial score (nSPS) is 19.6. The molecular weight excluding hydrogens is 278 g/mol. The highest BCUT2D eigenvalue weighted by atomic mass is 32.1. The summed E-state index contributed by atoms with van der Waals surface area (Å²) in [5.41, 5.74) is 0.929. The van der Waals surface area contributed by atoms with Crippen molar-refractivity contribution >= 4 is 39.3 Å². The van der Waals surface area contributed by atoms with Gasteiger partial charge in [-0.1, -0.05) is 0 Å². The van der Waals surface area contributed by atoms with E-state index in [4.69, 9.17) is 0 Å². The van der Waals surface area contributed by atoms with Crippen LogP contribution in [0.4, 0.5) is 10.6 Å². The van der Waals surface area contributed by atoms with Crippen LogP contribution in [-0.4, -0.2) is 52.5 Å². The number of carbonyl (C=O) groups is 2. The molecule has 3 amide bonds. The summed E-state index contributed by atoms with van der Waals surface area (Å²) in [5, 5.41) is 4.53. The van der Waals surface area contributed by atoms with Gasteiger partial charge in [-0.2, -0.15) is 0 Å². The summed E-state index contributed by atoms with van der Waals surface area (Å²) in [5.74, 6) is 0.733. The number of rotatable bonds is 2. The van der Waals surface area contributed by atoms with E-state index in [1.54, 1.807) is 17.7 Å². The zero-order valence-corrected chi connectivity index (χ0v) is 11.3. The molecule has 0 atom stereocenters. The highest BCUT2D eigenvalue weighted by Gasteiger charge is 2.42. The summed E-state index contributed by atoms with van der Waals surface area (Å²) in [6.07, 6.45) is 1.55. The van der Waals surface area contributed by atoms with E-state index in [1.165, 1.54) is 4.90 Å². The van der Waals surface area contributed by atoms with E-state index in [-0.39, 0.29) is 24.5 Å². The smallest absolute Gasteiger partial charge is 0.324 e. The lowest BCUT2D eigenvalue weighted by Gasteiger charge is -2.43. The Morgan fingerprint density at radius 1 is 1.30 bits per heavy atom. The molecule has 0 radical (unpaired) electrons. The van der Waals surface area contributed by atoms with Gasteiger partial charge in [0.25, 0.3) is 0 Å². The van der Waals surface area contributed by atoms with Gasteiger partial charge in [-0.15, -0.1) is 11.3 Å². The zero-order chi connectivity index (χ0) is 13.7. The third-order valence-corrected chi connectivity index (χ3v) is 4.53. The van der Waals surface area contributed by atoms with E-state index in [0.29, 0.717) is 13.1 Å². The Morgan fingerprint density at radius 3 is 2.90 bits per heavy atom. The van der Waals surface area contributed by atoms with Gasteiger partial charge in [-0.3, -0.25) is 9.69 Å². The largest absolute Gasteiger partial charge is 0.351 e. The SMILES string of the molecule is O=C1CNC(=O)N1C1CN(c2ncnc3ccsc23)C1. The maximum absolute atomic E-state index is 11.6. The molecule has 2 aromatic heterocycles. The summed E-state index contributed by atoms with van der Waals surface area (Å²) in [7, 11) is 0. The van der Waals surface area contributed by atoms with Gasteiger partial charge in [-0.25, -0.2) is 14.8 Å². The maximum Gasteiger partial charge on any atom is 0.324 e. The molecule has 2 fully saturated rings. The molecule has 8 heteroatoms. The van der Waals surface area contributed by atoms with Crippen molar-refractivity contribution in [1.29, 1.82) is 0 Å². The molecule has 2 aliphatic heterocycles. The molecule has 7 nitrogen and oxygen atoms in total. The summed E-state index contributed by atoms with van der Waals surface area (Å²) >= 11 is 1.60. The minimum absolute atomic E-state index is 0.0602. The molecule has 0 spiro atoms. The van der Waals surface area contributed by atoms with Gasteiger partial charge in [0, 0.05) is 13.1 Å². The van der Waals surface area contributed by atoms with Crippen molar-refractivity contribution in [3.8, 4) is 0 Å². The van der Waals surface area contributed by atoms with Crippen LogP contribution >= 0.6 is 11.3 Å². The van der Waals surface area contributed by atoms with Crippen LogP contribution in [0.2, 0.25) is 0 Å². The Balaban J connectivity index is 1.55. The standard InChI is InChI=1S/C12H11N5O2S/c18-9-3-13-12(19)17(9)7-4-16(5-7)11-10-8(1-2-20-10)14-6-15-11/h1-2,6-7H,3-5H2,(H,13,19). The summed E-state index contributed by atoms with van der Waals surface area (Å²) < 4.78 is 1.04. The first-order valence-electron chi connectivity index (χ1n) is 6.27.